The second kappa shape index (κ2) is 4.04. The highest BCUT2D eigenvalue weighted by molar-refractivity contribution is 9.11. The Morgan fingerprint density at radius 1 is 1.91 bits per heavy atom. The Balaban J connectivity index is 2.57. The van der Waals surface area contributed by atoms with Crippen LogP contribution in [0.3, 0.4) is 0 Å². The number of hydrogen-bond acceptors (Lipinski definition) is 3. The molecule has 11 heavy (non-hydrogen) atoms. The Morgan fingerprint density at radius 2 is 2.64 bits per heavy atom. The maximum absolute atomic E-state index is 10.7. The van der Waals surface area contributed by atoms with Gasteiger partial charge in [-0.1, -0.05) is 0 Å². The third-order valence-electron chi connectivity index (χ3n) is 0.865. The molecule has 0 radical (unpaired) electrons. The van der Waals surface area contributed by atoms with E-state index >= 15 is 0 Å². The standard InChI is InChI=1S/C5H4BrClN2OS/c6-5-9-3(2-11-5)8-4(10)1-7/h2H,1H2,(H,8,10). The Labute approximate surface area is 80.9 Å². The number of anilines is 1. The number of alkyl halides is 1. The van der Waals surface area contributed by atoms with Crippen molar-refractivity contribution in [3.05, 3.63) is 9.30 Å². The molecule has 0 spiro atoms. The second-order valence-corrected chi connectivity index (χ2v) is 4.07. The fraction of sp³-hybridized carbons (Fsp3) is 0.200. The second-order valence-electron chi connectivity index (χ2n) is 1.67. The normalized spacial score (nSPS) is 9.64. The van der Waals surface area contributed by atoms with Crippen LogP contribution in [0.2, 0.25) is 0 Å². The molecule has 0 atom stereocenters. The highest BCUT2D eigenvalue weighted by Crippen LogP contribution is 2.19. The van der Waals surface area contributed by atoms with Crippen molar-refractivity contribution >= 4 is 50.6 Å². The van der Waals surface area contributed by atoms with E-state index in [9.17, 15) is 4.79 Å². The highest BCUT2D eigenvalue weighted by atomic mass is 79.9. The van der Waals surface area contributed by atoms with Gasteiger partial charge in [0.25, 0.3) is 0 Å². The molecule has 1 aromatic heterocycles. The summed E-state index contributed by atoms with van der Waals surface area (Å²) >= 11 is 9.83. The average Bonchev–Trinajstić information content (AvgIpc) is 2.35. The number of nitrogens with zero attached hydrogens (tertiary/aromatic N) is 1. The molecule has 0 aliphatic heterocycles. The van der Waals surface area contributed by atoms with Crippen molar-refractivity contribution in [2.75, 3.05) is 11.2 Å². The first-order valence-electron chi connectivity index (χ1n) is 2.69. The minimum absolute atomic E-state index is 0.0465. The molecule has 0 aliphatic carbocycles. The number of rotatable bonds is 2. The van der Waals surface area contributed by atoms with Gasteiger partial charge in [0.15, 0.2) is 3.92 Å². The van der Waals surface area contributed by atoms with Crippen LogP contribution in [-0.4, -0.2) is 16.8 Å². The van der Waals surface area contributed by atoms with Crippen molar-refractivity contribution in [2.45, 2.75) is 0 Å². The van der Waals surface area contributed by atoms with Crippen LogP contribution in [0, 0.1) is 0 Å². The predicted octanol–water partition coefficient (Wildman–Crippen LogP) is 2.08. The molecule has 0 saturated carbocycles. The monoisotopic (exact) mass is 254 g/mol. The van der Waals surface area contributed by atoms with E-state index in [1.54, 1.807) is 5.38 Å². The van der Waals surface area contributed by atoms with E-state index in [0.717, 1.165) is 3.92 Å². The molecule has 1 amide bonds. The first-order valence-corrected chi connectivity index (χ1v) is 4.90. The molecule has 0 bridgehead atoms. The number of hydrogen-bond donors (Lipinski definition) is 1. The van der Waals surface area contributed by atoms with E-state index in [-0.39, 0.29) is 11.8 Å². The number of aromatic nitrogens is 1. The first-order chi connectivity index (χ1) is 5.22. The SMILES string of the molecule is O=C(CCl)Nc1csc(Br)n1. The summed E-state index contributed by atoms with van der Waals surface area (Å²) < 4.78 is 0.738. The summed E-state index contributed by atoms with van der Waals surface area (Å²) in [5.74, 6) is 0.242. The van der Waals surface area contributed by atoms with Gasteiger partial charge < -0.3 is 5.32 Å². The Bertz CT molecular complexity index is 265. The maximum Gasteiger partial charge on any atom is 0.240 e. The quantitative estimate of drug-likeness (QED) is 0.822. The van der Waals surface area contributed by atoms with Gasteiger partial charge in [-0.15, -0.1) is 22.9 Å². The lowest BCUT2D eigenvalue weighted by atomic mass is 10.6. The van der Waals surface area contributed by atoms with Crippen LogP contribution in [0.4, 0.5) is 5.82 Å². The molecular weight excluding hydrogens is 251 g/mol. The smallest absolute Gasteiger partial charge is 0.240 e. The summed E-state index contributed by atoms with van der Waals surface area (Å²) in [5.41, 5.74) is 0. The van der Waals surface area contributed by atoms with Gasteiger partial charge in [0, 0.05) is 5.38 Å². The van der Waals surface area contributed by atoms with Gasteiger partial charge in [-0.2, -0.15) is 0 Å². The summed E-state index contributed by atoms with van der Waals surface area (Å²) in [6.07, 6.45) is 0. The zero-order valence-electron chi connectivity index (χ0n) is 5.30. The van der Waals surface area contributed by atoms with Crippen LogP contribution in [0.25, 0.3) is 0 Å². The molecule has 1 rings (SSSR count). The van der Waals surface area contributed by atoms with Gasteiger partial charge in [0.2, 0.25) is 5.91 Å². The van der Waals surface area contributed by atoms with E-state index in [1.807, 2.05) is 0 Å². The molecule has 0 unspecified atom stereocenters. The molecule has 0 aromatic carbocycles. The lowest BCUT2D eigenvalue weighted by Crippen LogP contribution is -2.12. The number of carbonyl (C=O) groups is 1. The Morgan fingerprint density at radius 3 is 3.09 bits per heavy atom. The summed E-state index contributed by atoms with van der Waals surface area (Å²) in [4.78, 5) is 14.6. The molecule has 1 aromatic rings. The van der Waals surface area contributed by atoms with Gasteiger partial charge in [0.1, 0.15) is 11.7 Å². The van der Waals surface area contributed by atoms with Gasteiger partial charge in [0.05, 0.1) is 0 Å². The lowest BCUT2D eigenvalue weighted by Gasteiger charge is -1.94. The molecule has 0 aliphatic rings. The van der Waals surface area contributed by atoms with Crippen LogP contribution in [-0.2, 0) is 4.79 Å². The molecule has 6 heteroatoms. The van der Waals surface area contributed by atoms with Crippen molar-refractivity contribution in [3.63, 3.8) is 0 Å². The van der Waals surface area contributed by atoms with E-state index in [0.29, 0.717) is 5.82 Å². The van der Waals surface area contributed by atoms with Gasteiger partial charge in [-0.05, 0) is 15.9 Å². The van der Waals surface area contributed by atoms with Gasteiger partial charge >= 0.3 is 0 Å². The number of halogens is 2. The lowest BCUT2D eigenvalue weighted by molar-refractivity contribution is -0.113. The van der Waals surface area contributed by atoms with E-state index in [2.05, 4.69) is 26.2 Å². The topological polar surface area (TPSA) is 42.0 Å². The zero-order valence-corrected chi connectivity index (χ0v) is 8.46. The summed E-state index contributed by atoms with van der Waals surface area (Å²) in [5, 5.41) is 4.24. The zero-order chi connectivity index (χ0) is 8.27. The molecule has 3 nitrogen and oxygen atoms in total. The van der Waals surface area contributed by atoms with Crippen molar-refractivity contribution in [1.29, 1.82) is 0 Å². The fourth-order valence-electron chi connectivity index (χ4n) is 0.486. The average molecular weight is 256 g/mol. The molecule has 60 valence electrons. The highest BCUT2D eigenvalue weighted by Gasteiger charge is 2.02. The van der Waals surface area contributed by atoms with E-state index in [4.69, 9.17) is 11.6 Å². The van der Waals surface area contributed by atoms with Crippen molar-refractivity contribution in [2.24, 2.45) is 0 Å². The van der Waals surface area contributed by atoms with Crippen LogP contribution < -0.4 is 5.32 Å². The fourth-order valence-corrected chi connectivity index (χ4v) is 1.50. The minimum Gasteiger partial charge on any atom is -0.309 e. The molecule has 1 N–H and O–H groups in total. The number of nitrogens with one attached hydrogen (secondary N) is 1. The van der Waals surface area contributed by atoms with Gasteiger partial charge in [-0.25, -0.2) is 4.98 Å². The van der Waals surface area contributed by atoms with Crippen LogP contribution >= 0.6 is 38.9 Å². The molecular formula is C5H4BrClN2OS. The maximum atomic E-state index is 10.7. The molecule has 0 saturated heterocycles. The number of amides is 1. The van der Waals surface area contributed by atoms with Crippen molar-refractivity contribution in [3.8, 4) is 0 Å². The minimum atomic E-state index is -0.246. The number of thiazole rings is 1. The van der Waals surface area contributed by atoms with Crippen LogP contribution in [0.1, 0.15) is 0 Å². The largest absolute Gasteiger partial charge is 0.309 e. The summed E-state index contributed by atoms with van der Waals surface area (Å²) in [7, 11) is 0. The Hall–Kier alpha value is -0.130. The van der Waals surface area contributed by atoms with Crippen molar-refractivity contribution in [1.82, 2.24) is 4.98 Å². The summed E-state index contributed by atoms with van der Waals surface area (Å²) in [6.45, 7) is 0. The van der Waals surface area contributed by atoms with Crippen LogP contribution in [0.5, 0.6) is 0 Å². The summed E-state index contributed by atoms with van der Waals surface area (Å²) in [6, 6.07) is 0. The molecule has 0 fully saturated rings. The Kier molecular flexibility index (Phi) is 3.29. The third-order valence-corrected chi connectivity index (χ3v) is 2.47. The van der Waals surface area contributed by atoms with Crippen LogP contribution in [0.15, 0.2) is 9.30 Å². The van der Waals surface area contributed by atoms with E-state index in [1.165, 1.54) is 11.3 Å². The molecule has 1 heterocycles. The van der Waals surface area contributed by atoms with Gasteiger partial charge in [-0.3, -0.25) is 4.79 Å². The first kappa shape index (κ1) is 8.96. The number of carbonyl (C=O) groups excluding carboxylic acids is 1. The third kappa shape index (κ3) is 2.76. The van der Waals surface area contributed by atoms with Crippen molar-refractivity contribution < 1.29 is 4.79 Å². The van der Waals surface area contributed by atoms with E-state index < -0.39 is 0 Å². The predicted molar refractivity (Wildman–Crippen MR) is 49.2 cm³/mol.